The van der Waals surface area contributed by atoms with Gasteiger partial charge in [0.2, 0.25) is 0 Å². The summed E-state index contributed by atoms with van der Waals surface area (Å²) in [7, 11) is 0. The van der Waals surface area contributed by atoms with Crippen molar-refractivity contribution in [3.8, 4) is 11.1 Å². The third kappa shape index (κ3) is 4.45. The first-order valence-electron chi connectivity index (χ1n) is 9.28. The highest BCUT2D eigenvalue weighted by molar-refractivity contribution is 5.85. The summed E-state index contributed by atoms with van der Waals surface area (Å²) in [5.74, 6) is -0.141. The number of halogens is 3. The monoisotopic (exact) mass is 429 g/mol. The zero-order valence-electron chi connectivity index (χ0n) is 15.7. The van der Waals surface area contributed by atoms with Crippen LogP contribution in [0.4, 0.5) is 4.39 Å². The largest absolute Gasteiger partial charge is 0.345 e. The van der Waals surface area contributed by atoms with Crippen LogP contribution >= 0.6 is 24.8 Å². The first kappa shape index (κ1) is 21.3. The van der Waals surface area contributed by atoms with Gasteiger partial charge in [-0.1, -0.05) is 36.4 Å². The van der Waals surface area contributed by atoms with Crippen LogP contribution < -0.4 is 5.32 Å². The SMILES string of the molecule is Cl.Cl.Fc1ccc2c(c1)C[C@H](NCc1ccc(-c3ccc4[nH]cnc4c3)cc1)C2. The van der Waals surface area contributed by atoms with E-state index in [4.69, 9.17) is 0 Å². The van der Waals surface area contributed by atoms with Crippen molar-refractivity contribution in [2.24, 2.45) is 0 Å². The Hall–Kier alpha value is -2.40. The van der Waals surface area contributed by atoms with E-state index in [0.29, 0.717) is 6.04 Å². The standard InChI is InChI=1S/C23H20FN3.2ClH/c24-20-7-5-17-10-21(11-19(17)9-20)25-13-15-1-3-16(4-2-15)18-6-8-22-23(12-18)27-14-26-22;;/h1-9,12,14,21,25H,10-11,13H2,(H,26,27);2*1H/t21-;;/m1../s1. The molecule has 6 heteroatoms. The fraction of sp³-hybridized carbons (Fsp3) is 0.174. The average Bonchev–Trinajstić information content (AvgIpc) is 3.32. The number of nitrogens with zero attached hydrogens (tertiary/aromatic N) is 1. The normalized spacial score (nSPS) is 14.9. The zero-order chi connectivity index (χ0) is 18.2. The predicted octanol–water partition coefficient (Wildman–Crippen LogP) is 5.47. The Kier molecular flexibility index (Phi) is 6.58. The lowest BCUT2D eigenvalue weighted by Gasteiger charge is -2.12. The topological polar surface area (TPSA) is 40.7 Å². The minimum absolute atomic E-state index is 0. The average molecular weight is 430 g/mol. The highest BCUT2D eigenvalue weighted by atomic mass is 35.5. The summed E-state index contributed by atoms with van der Waals surface area (Å²) < 4.78 is 13.4. The molecular weight excluding hydrogens is 408 g/mol. The van der Waals surface area contributed by atoms with Gasteiger partial charge in [-0.05, 0) is 64.9 Å². The molecule has 0 saturated heterocycles. The van der Waals surface area contributed by atoms with Crippen molar-refractivity contribution >= 4 is 35.8 Å². The van der Waals surface area contributed by atoms with Crippen molar-refractivity contribution in [2.75, 3.05) is 0 Å². The summed E-state index contributed by atoms with van der Waals surface area (Å²) in [4.78, 5) is 7.45. The molecule has 29 heavy (non-hydrogen) atoms. The molecule has 0 saturated carbocycles. The van der Waals surface area contributed by atoms with Gasteiger partial charge in [-0.3, -0.25) is 0 Å². The van der Waals surface area contributed by atoms with Gasteiger partial charge in [-0.25, -0.2) is 9.37 Å². The molecule has 0 spiro atoms. The van der Waals surface area contributed by atoms with Crippen LogP contribution in [0.25, 0.3) is 22.2 Å². The first-order chi connectivity index (χ1) is 13.2. The molecule has 0 fully saturated rings. The van der Waals surface area contributed by atoms with E-state index in [2.05, 4.69) is 57.7 Å². The number of fused-ring (bicyclic) bond motifs is 2. The molecule has 1 aliphatic carbocycles. The molecule has 0 amide bonds. The van der Waals surface area contributed by atoms with Crippen LogP contribution in [0.3, 0.4) is 0 Å². The highest BCUT2D eigenvalue weighted by Gasteiger charge is 2.21. The summed E-state index contributed by atoms with van der Waals surface area (Å²) in [6, 6.07) is 20.4. The molecule has 0 bridgehead atoms. The van der Waals surface area contributed by atoms with E-state index >= 15 is 0 Å². The summed E-state index contributed by atoms with van der Waals surface area (Å²) >= 11 is 0. The maximum absolute atomic E-state index is 13.4. The molecule has 0 unspecified atom stereocenters. The van der Waals surface area contributed by atoms with E-state index in [1.807, 2.05) is 6.07 Å². The van der Waals surface area contributed by atoms with Crippen molar-refractivity contribution in [3.05, 3.63) is 89.5 Å². The smallest absolute Gasteiger partial charge is 0.123 e. The van der Waals surface area contributed by atoms with Gasteiger partial charge >= 0.3 is 0 Å². The molecule has 5 rings (SSSR count). The third-order valence-corrected chi connectivity index (χ3v) is 5.40. The van der Waals surface area contributed by atoms with Gasteiger partial charge in [-0.15, -0.1) is 24.8 Å². The molecule has 1 aromatic heterocycles. The Bertz CT molecular complexity index is 1110. The number of aromatic amines is 1. The van der Waals surface area contributed by atoms with Crippen molar-refractivity contribution in [3.63, 3.8) is 0 Å². The summed E-state index contributed by atoms with van der Waals surface area (Å²) in [6.07, 6.45) is 3.59. The molecular formula is C23H22Cl2FN3. The van der Waals surface area contributed by atoms with Crippen molar-refractivity contribution in [2.45, 2.75) is 25.4 Å². The molecule has 1 aliphatic rings. The summed E-state index contributed by atoms with van der Waals surface area (Å²) in [5.41, 5.74) is 8.04. The van der Waals surface area contributed by atoms with E-state index in [1.165, 1.54) is 22.3 Å². The van der Waals surface area contributed by atoms with E-state index < -0.39 is 0 Å². The van der Waals surface area contributed by atoms with Gasteiger partial charge < -0.3 is 10.3 Å². The van der Waals surface area contributed by atoms with Crippen LogP contribution in [-0.4, -0.2) is 16.0 Å². The number of nitrogens with one attached hydrogen (secondary N) is 2. The van der Waals surface area contributed by atoms with Crippen molar-refractivity contribution in [1.82, 2.24) is 15.3 Å². The van der Waals surface area contributed by atoms with Gasteiger partial charge in [0.15, 0.2) is 0 Å². The van der Waals surface area contributed by atoms with E-state index in [9.17, 15) is 4.39 Å². The molecule has 1 atom stereocenters. The third-order valence-electron chi connectivity index (χ3n) is 5.40. The van der Waals surface area contributed by atoms with Crippen LogP contribution in [0.2, 0.25) is 0 Å². The molecule has 150 valence electrons. The van der Waals surface area contributed by atoms with E-state index in [-0.39, 0.29) is 30.6 Å². The minimum atomic E-state index is -0.141. The second-order valence-corrected chi connectivity index (χ2v) is 7.23. The first-order valence-corrected chi connectivity index (χ1v) is 9.28. The number of hydrogen-bond donors (Lipinski definition) is 2. The highest BCUT2D eigenvalue weighted by Crippen LogP contribution is 2.25. The van der Waals surface area contributed by atoms with Crippen LogP contribution in [0.1, 0.15) is 16.7 Å². The van der Waals surface area contributed by atoms with E-state index in [1.54, 1.807) is 18.5 Å². The van der Waals surface area contributed by atoms with Crippen molar-refractivity contribution < 1.29 is 4.39 Å². The summed E-state index contributed by atoms with van der Waals surface area (Å²) in [6.45, 7) is 0.819. The Labute approximate surface area is 181 Å². The van der Waals surface area contributed by atoms with Crippen LogP contribution in [0, 0.1) is 5.82 Å². The van der Waals surface area contributed by atoms with Gasteiger partial charge in [0.05, 0.1) is 17.4 Å². The minimum Gasteiger partial charge on any atom is -0.345 e. The molecule has 3 nitrogen and oxygen atoms in total. The second kappa shape index (κ2) is 8.95. The number of H-pyrrole nitrogens is 1. The Morgan fingerprint density at radius 1 is 0.897 bits per heavy atom. The molecule has 3 aromatic carbocycles. The molecule has 0 radical (unpaired) electrons. The van der Waals surface area contributed by atoms with E-state index in [0.717, 1.165) is 36.0 Å². The number of imidazole rings is 1. The van der Waals surface area contributed by atoms with Crippen LogP contribution in [-0.2, 0) is 19.4 Å². The molecule has 4 aromatic rings. The zero-order valence-corrected chi connectivity index (χ0v) is 17.3. The maximum Gasteiger partial charge on any atom is 0.123 e. The fourth-order valence-corrected chi connectivity index (χ4v) is 3.92. The fourth-order valence-electron chi connectivity index (χ4n) is 3.92. The van der Waals surface area contributed by atoms with Crippen molar-refractivity contribution in [1.29, 1.82) is 0 Å². The molecule has 0 aliphatic heterocycles. The Balaban J connectivity index is 0.00000120. The quantitative estimate of drug-likeness (QED) is 0.451. The van der Waals surface area contributed by atoms with Crippen LogP contribution in [0.5, 0.6) is 0 Å². The number of benzene rings is 3. The van der Waals surface area contributed by atoms with Gasteiger partial charge in [0, 0.05) is 12.6 Å². The summed E-state index contributed by atoms with van der Waals surface area (Å²) in [5, 5.41) is 3.61. The second-order valence-electron chi connectivity index (χ2n) is 7.23. The maximum atomic E-state index is 13.4. The number of rotatable bonds is 4. The van der Waals surface area contributed by atoms with Gasteiger partial charge in [0.1, 0.15) is 5.82 Å². The lowest BCUT2D eigenvalue weighted by molar-refractivity contribution is 0.532. The Morgan fingerprint density at radius 2 is 1.66 bits per heavy atom. The molecule has 1 heterocycles. The van der Waals surface area contributed by atoms with Gasteiger partial charge in [0.25, 0.3) is 0 Å². The van der Waals surface area contributed by atoms with Crippen LogP contribution in [0.15, 0.2) is 67.0 Å². The lowest BCUT2D eigenvalue weighted by Crippen LogP contribution is -2.28. The molecule has 2 N–H and O–H groups in total. The predicted molar refractivity (Wildman–Crippen MR) is 120 cm³/mol. The van der Waals surface area contributed by atoms with Gasteiger partial charge in [-0.2, -0.15) is 0 Å². The number of aromatic nitrogens is 2. The number of hydrogen-bond acceptors (Lipinski definition) is 2. The Morgan fingerprint density at radius 3 is 2.48 bits per heavy atom. The lowest BCUT2D eigenvalue weighted by atomic mass is 10.0.